The number of nitrogens with zero attached hydrogens (tertiary/aromatic N) is 4. The van der Waals surface area contributed by atoms with Gasteiger partial charge < -0.3 is 9.84 Å². The Morgan fingerprint density at radius 1 is 1.26 bits per heavy atom. The highest BCUT2D eigenvalue weighted by molar-refractivity contribution is 7.17. The van der Waals surface area contributed by atoms with Crippen molar-refractivity contribution >= 4 is 22.3 Å². The fourth-order valence-electron chi connectivity index (χ4n) is 4.28. The van der Waals surface area contributed by atoms with Crippen LogP contribution in [0, 0.1) is 5.92 Å². The lowest BCUT2D eigenvalue weighted by molar-refractivity contribution is -0.150. The van der Waals surface area contributed by atoms with Gasteiger partial charge in [-0.2, -0.15) is 4.52 Å². The maximum absolute atomic E-state index is 12.4. The van der Waals surface area contributed by atoms with Gasteiger partial charge in [-0.1, -0.05) is 49.4 Å². The van der Waals surface area contributed by atoms with E-state index in [2.05, 4.69) is 46.2 Å². The average Bonchev–Trinajstić information content (AvgIpc) is 3.34. The van der Waals surface area contributed by atoms with Crippen LogP contribution in [-0.2, 0) is 22.4 Å². The number of thiazole rings is 1. The molecule has 166 valence electrons. The minimum Gasteiger partial charge on any atom is -0.492 e. The fourth-order valence-corrected chi connectivity index (χ4v) is 5.41. The fraction of sp³-hybridized carbons (Fsp3) is 0.522. The van der Waals surface area contributed by atoms with Crippen LogP contribution in [0.15, 0.2) is 24.3 Å². The minimum absolute atomic E-state index is 0.133. The number of hydrogen-bond donors (Lipinski definition) is 1. The molecule has 0 unspecified atom stereocenters. The van der Waals surface area contributed by atoms with Crippen LogP contribution in [0.1, 0.15) is 61.5 Å². The van der Waals surface area contributed by atoms with Crippen molar-refractivity contribution in [2.75, 3.05) is 19.7 Å². The van der Waals surface area contributed by atoms with E-state index in [9.17, 15) is 9.90 Å². The van der Waals surface area contributed by atoms with Gasteiger partial charge in [0.2, 0.25) is 10.8 Å². The van der Waals surface area contributed by atoms with Gasteiger partial charge in [-0.25, -0.2) is 4.98 Å². The summed E-state index contributed by atoms with van der Waals surface area (Å²) in [7, 11) is 0. The number of esters is 1. The molecule has 3 aromatic rings. The molecule has 0 radical (unpaired) electrons. The maximum Gasteiger partial charge on any atom is 0.310 e. The maximum atomic E-state index is 12.4. The lowest BCUT2D eigenvalue weighted by Gasteiger charge is -2.37. The number of likely N-dealkylation sites (tertiary alicyclic amines) is 1. The molecule has 31 heavy (non-hydrogen) atoms. The van der Waals surface area contributed by atoms with Crippen LogP contribution < -0.4 is 0 Å². The summed E-state index contributed by atoms with van der Waals surface area (Å²) in [5.74, 6) is 0.571. The number of carbonyl (C=O) groups is 1. The monoisotopic (exact) mass is 442 g/mol. The molecule has 1 aliphatic heterocycles. The molecule has 7 nitrogen and oxygen atoms in total. The van der Waals surface area contributed by atoms with Crippen molar-refractivity contribution in [3.8, 4) is 5.88 Å². The van der Waals surface area contributed by atoms with Crippen LogP contribution in [-0.4, -0.2) is 50.3 Å². The summed E-state index contributed by atoms with van der Waals surface area (Å²) in [6.45, 7) is 7.83. The molecule has 1 saturated heterocycles. The van der Waals surface area contributed by atoms with E-state index in [1.54, 1.807) is 4.52 Å². The van der Waals surface area contributed by atoms with Gasteiger partial charge in [0.05, 0.1) is 23.4 Å². The first-order valence-electron chi connectivity index (χ1n) is 11.1. The van der Waals surface area contributed by atoms with Gasteiger partial charge in [-0.05, 0) is 43.9 Å². The minimum atomic E-state index is -0.165. The van der Waals surface area contributed by atoms with Crippen molar-refractivity contribution in [3.05, 3.63) is 46.1 Å². The molecule has 1 aliphatic rings. The first-order chi connectivity index (χ1) is 15.0. The van der Waals surface area contributed by atoms with Gasteiger partial charge in [0.15, 0.2) is 5.82 Å². The van der Waals surface area contributed by atoms with E-state index in [0.717, 1.165) is 48.5 Å². The SMILES string of the molecule is CCOC(=O)[C@@H]1CCCN([C@@H](c2ccc(CC)cc2)c2sc3nc(CC)nn3c2O)C1. The normalized spacial score (nSPS) is 18.4. The van der Waals surface area contributed by atoms with Crippen LogP contribution >= 0.6 is 11.3 Å². The van der Waals surface area contributed by atoms with Gasteiger partial charge in [-0.15, -0.1) is 5.10 Å². The van der Waals surface area contributed by atoms with Crippen molar-refractivity contribution in [1.29, 1.82) is 0 Å². The number of rotatable bonds is 7. The number of fused-ring (bicyclic) bond motifs is 1. The van der Waals surface area contributed by atoms with Crippen molar-refractivity contribution in [1.82, 2.24) is 19.5 Å². The molecule has 0 amide bonds. The average molecular weight is 443 g/mol. The van der Waals surface area contributed by atoms with Crippen LogP contribution in [0.4, 0.5) is 0 Å². The standard InChI is InChI=1S/C23H30N4O3S/c1-4-15-9-11-16(12-10-15)19(26-13-7-8-17(14-26)22(29)30-6-3)20-21(28)27-23(31-20)24-18(5-2)25-27/h9-12,17,19,28H,4-8,13-14H2,1-3H3/t17-,19+/m1/s1. The lowest BCUT2D eigenvalue weighted by Crippen LogP contribution is -2.41. The number of ether oxygens (including phenoxy) is 1. The van der Waals surface area contributed by atoms with E-state index in [1.807, 2.05) is 13.8 Å². The van der Waals surface area contributed by atoms with Gasteiger partial charge >= 0.3 is 5.97 Å². The van der Waals surface area contributed by atoms with Crippen molar-refractivity contribution < 1.29 is 14.6 Å². The molecule has 0 saturated carbocycles. The third-order valence-electron chi connectivity index (χ3n) is 5.95. The number of aromatic nitrogens is 3. The molecule has 1 aromatic carbocycles. The Bertz CT molecular complexity index is 1040. The molecular formula is C23H30N4O3S. The number of hydrogen-bond acceptors (Lipinski definition) is 7. The molecule has 2 aromatic heterocycles. The van der Waals surface area contributed by atoms with Gasteiger partial charge in [0.25, 0.3) is 0 Å². The summed E-state index contributed by atoms with van der Waals surface area (Å²) in [5, 5.41) is 15.5. The second kappa shape index (κ2) is 9.36. The summed E-state index contributed by atoms with van der Waals surface area (Å²) in [5.41, 5.74) is 2.36. The molecule has 3 heterocycles. The topological polar surface area (TPSA) is 80.0 Å². The van der Waals surface area contributed by atoms with Gasteiger partial charge in [0, 0.05) is 13.0 Å². The highest BCUT2D eigenvalue weighted by Crippen LogP contribution is 2.41. The summed E-state index contributed by atoms with van der Waals surface area (Å²) in [6.07, 6.45) is 3.44. The Kier molecular flexibility index (Phi) is 6.57. The molecule has 2 atom stereocenters. The number of piperidine rings is 1. The summed E-state index contributed by atoms with van der Waals surface area (Å²) >= 11 is 1.47. The van der Waals surface area contributed by atoms with E-state index < -0.39 is 0 Å². The zero-order valence-electron chi connectivity index (χ0n) is 18.4. The van der Waals surface area contributed by atoms with Crippen LogP contribution in [0.5, 0.6) is 5.88 Å². The van der Waals surface area contributed by atoms with Crippen LogP contribution in [0.25, 0.3) is 4.96 Å². The third-order valence-corrected chi connectivity index (χ3v) is 7.02. The van der Waals surface area contributed by atoms with Crippen LogP contribution in [0.2, 0.25) is 0 Å². The Balaban J connectivity index is 1.73. The van der Waals surface area contributed by atoms with Gasteiger partial charge in [-0.3, -0.25) is 9.69 Å². The third kappa shape index (κ3) is 4.32. The Morgan fingerprint density at radius 3 is 2.68 bits per heavy atom. The molecule has 0 aliphatic carbocycles. The molecular weight excluding hydrogens is 412 g/mol. The highest BCUT2D eigenvalue weighted by Gasteiger charge is 2.35. The molecule has 1 fully saturated rings. The number of benzene rings is 1. The van der Waals surface area contributed by atoms with Crippen LogP contribution in [0.3, 0.4) is 0 Å². The summed E-state index contributed by atoms with van der Waals surface area (Å²) in [6, 6.07) is 8.37. The summed E-state index contributed by atoms with van der Waals surface area (Å²) in [4.78, 5) is 20.8. The smallest absolute Gasteiger partial charge is 0.310 e. The van der Waals surface area contributed by atoms with Gasteiger partial charge in [0.1, 0.15) is 0 Å². The van der Waals surface area contributed by atoms with E-state index in [-0.39, 0.29) is 23.8 Å². The predicted molar refractivity (Wildman–Crippen MR) is 120 cm³/mol. The Morgan fingerprint density at radius 2 is 2.03 bits per heavy atom. The van der Waals surface area contributed by atoms with E-state index in [1.165, 1.54) is 16.9 Å². The second-order valence-electron chi connectivity index (χ2n) is 7.95. The Hall–Kier alpha value is -2.45. The lowest BCUT2D eigenvalue weighted by atomic mass is 9.93. The van der Waals surface area contributed by atoms with E-state index >= 15 is 0 Å². The van der Waals surface area contributed by atoms with E-state index in [4.69, 9.17) is 4.74 Å². The highest BCUT2D eigenvalue weighted by atomic mass is 32.1. The molecule has 1 N–H and O–H groups in total. The van der Waals surface area contributed by atoms with Crippen molar-refractivity contribution in [2.24, 2.45) is 5.92 Å². The molecule has 8 heteroatoms. The summed E-state index contributed by atoms with van der Waals surface area (Å²) < 4.78 is 6.84. The molecule has 0 spiro atoms. The Labute approximate surface area is 186 Å². The number of aryl methyl sites for hydroxylation is 2. The zero-order chi connectivity index (χ0) is 22.0. The van der Waals surface area contributed by atoms with Crippen molar-refractivity contribution in [2.45, 2.75) is 52.5 Å². The zero-order valence-corrected chi connectivity index (χ0v) is 19.2. The number of aromatic hydroxyl groups is 1. The second-order valence-corrected chi connectivity index (χ2v) is 8.96. The largest absolute Gasteiger partial charge is 0.492 e. The quantitative estimate of drug-likeness (QED) is 0.558. The number of carbonyl (C=O) groups excluding carboxylic acids is 1. The van der Waals surface area contributed by atoms with E-state index in [0.29, 0.717) is 18.1 Å². The first-order valence-corrected chi connectivity index (χ1v) is 11.9. The molecule has 4 rings (SSSR count). The molecule has 0 bridgehead atoms. The first kappa shape index (κ1) is 21.8. The van der Waals surface area contributed by atoms with Crippen molar-refractivity contribution in [3.63, 3.8) is 0 Å². The predicted octanol–water partition coefficient (Wildman–Crippen LogP) is 3.99.